The lowest BCUT2D eigenvalue weighted by molar-refractivity contribution is 0.121. The van der Waals surface area contributed by atoms with Gasteiger partial charge in [0.1, 0.15) is 0 Å². The Kier molecular flexibility index (Phi) is 3.02. The van der Waals surface area contributed by atoms with E-state index in [-0.39, 0.29) is 8.25 Å². The Morgan fingerprint density at radius 2 is 2.00 bits per heavy atom. The smallest absolute Gasteiger partial charge is 0.160 e. The standard InChI is InChI=1S/C5H7Br3O/c6-5(7,8)4-2-1-3-9-4/h4H,1-3H2. The van der Waals surface area contributed by atoms with Crippen LogP contribution in [0.2, 0.25) is 0 Å². The zero-order valence-corrected chi connectivity index (χ0v) is 9.50. The van der Waals surface area contributed by atoms with Crippen LogP contribution in [0.15, 0.2) is 0 Å². The van der Waals surface area contributed by atoms with E-state index in [1.165, 1.54) is 0 Å². The van der Waals surface area contributed by atoms with Crippen LogP contribution in [0.1, 0.15) is 12.8 Å². The normalized spacial score (nSPS) is 29.0. The van der Waals surface area contributed by atoms with Crippen molar-refractivity contribution < 1.29 is 4.74 Å². The molecule has 0 amide bonds. The van der Waals surface area contributed by atoms with E-state index in [9.17, 15) is 0 Å². The number of alkyl halides is 3. The van der Waals surface area contributed by atoms with Crippen LogP contribution in [0.5, 0.6) is 0 Å². The first-order valence-electron chi connectivity index (χ1n) is 2.79. The van der Waals surface area contributed by atoms with Crippen molar-refractivity contribution in [3.63, 3.8) is 0 Å². The fourth-order valence-corrected chi connectivity index (χ4v) is 1.92. The van der Waals surface area contributed by atoms with Crippen molar-refractivity contribution in [2.45, 2.75) is 21.1 Å². The van der Waals surface area contributed by atoms with Gasteiger partial charge >= 0.3 is 0 Å². The molecule has 4 heteroatoms. The number of halogens is 3. The minimum atomic E-state index is -0.205. The quantitative estimate of drug-likeness (QED) is 0.623. The first-order chi connectivity index (χ1) is 4.11. The van der Waals surface area contributed by atoms with E-state index in [0.717, 1.165) is 19.4 Å². The number of rotatable bonds is 0. The highest BCUT2D eigenvalue weighted by molar-refractivity contribution is 9.39. The van der Waals surface area contributed by atoms with Crippen LogP contribution >= 0.6 is 47.8 Å². The molecule has 1 aliphatic rings. The number of hydrogen-bond acceptors (Lipinski definition) is 1. The predicted octanol–water partition coefficient (Wildman–Crippen LogP) is 3.00. The van der Waals surface area contributed by atoms with Crippen molar-refractivity contribution in [1.82, 2.24) is 0 Å². The highest BCUT2D eigenvalue weighted by Gasteiger charge is 2.33. The monoisotopic (exact) mass is 320 g/mol. The average Bonchev–Trinajstić information content (AvgIpc) is 2.08. The van der Waals surface area contributed by atoms with Crippen molar-refractivity contribution in [2.24, 2.45) is 0 Å². The Morgan fingerprint density at radius 1 is 1.33 bits per heavy atom. The largest absolute Gasteiger partial charge is 0.375 e. The maximum atomic E-state index is 5.38. The van der Waals surface area contributed by atoms with E-state index in [0.29, 0.717) is 0 Å². The molecule has 54 valence electrons. The minimum absolute atomic E-state index is 0.205. The van der Waals surface area contributed by atoms with Crippen LogP contribution in [0.3, 0.4) is 0 Å². The van der Waals surface area contributed by atoms with Gasteiger partial charge in [-0.25, -0.2) is 0 Å². The van der Waals surface area contributed by atoms with E-state index < -0.39 is 0 Å². The molecule has 0 radical (unpaired) electrons. The van der Waals surface area contributed by atoms with Crippen LogP contribution in [-0.4, -0.2) is 14.9 Å². The van der Waals surface area contributed by atoms with Crippen molar-refractivity contribution >= 4 is 47.8 Å². The van der Waals surface area contributed by atoms with E-state index in [1.807, 2.05) is 0 Å². The molecule has 0 saturated carbocycles. The molecule has 0 bridgehead atoms. The van der Waals surface area contributed by atoms with Gasteiger partial charge in [0.2, 0.25) is 0 Å². The summed E-state index contributed by atoms with van der Waals surface area (Å²) in [5.41, 5.74) is 0. The maximum Gasteiger partial charge on any atom is 0.160 e. The molecule has 1 heterocycles. The van der Waals surface area contributed by atoms with Gasteiger partial charge in [-0.1, -0.05) is 47.8 Å². The average molecular weight is 323 g/mol. The van der Waals surface area contributed by atoms with E-state index in [2.05, 4.69) is 47.8 Å². The zero-order valence-electron chi connectivity index (χ0n) is 4.74. The van der Waals surface area contributed by atoms with Crippen molar-refractivity contribution in [2.75, 3.05) is 6.61 Å². The topological polar surface area (TPSA) is 9.23 Å². The molecule has 0 spiro atoms. The SMILES string of the molecule is BrC(Br)(Br)C1CCCO1. The van der Waals surface area contributed by atoms with Crippen LogP contribution < -0.4 is 0 Å². The molecular formula is C5H7Br3O. The lowest BCUT2D eigenvalue weighted by Gasteiger charge is -2.18. The molecule has 0 aromatic carbocycles. The fraction of sp³-hybridized carbons (Fsp3) is 1.00. The van der Waals surface area contributed by atoms with Gasteiger partial charge in [-0.3, -0.25) is 0 Å². The Morgan fingerprint density at radius 3 is 2.22 bits per heavy atom. The third-order valence-electron chi connectivity index (χ3n) is 1.29. The minimum Gasteiger partial charge on any atom is -0.375 e. The highest BCUT2D eigenvalue weighted by atomic mass is 80.0. The number of hydrogen-bond donors (Lipinski definition) is 0. The number of ether oxygens (including phenoxy) is 1. The van der Waals surface area contributed by atoms with Gasteiger partial charge in [0.25, 0.3) is 0 Å². The Labute approximate surface area is 79.9 Å². The van der Waals surface area contributed by atoms with Gasteiger partial charge in [0.05, 0.1) is 6.10 Å². The van der Waals surface area contributed by atoms with Gasteiger partial charge in [0.15, 0.2) is 2.14 Å². The van der Waals surface area contributed by atoms with Crippen molar-refractivity contribution in [3.8, 4) is 0 Å². The molecule has 0 aromatic rings. The summed E-state index contributed by atoms with van der Waals surface area (Å²) >= 11 is 10.2. The van der Waals surface area contributed by atoms with Gasteiger partial charge < -0.3 is 4.74 Å². The molecule has 1 saturated heterocycles. The summed E-state index contributed by atoms with van der Waals surface area (Å²) in [6.07, 6.45) is 2.54. The lowest BCUT2D eigenvalue weighted by Crippen LogP contribution is -2.21. The Bertz CT molecular complexity index is 92.9. The molecule has 1 fully saturated rings. The molecule has 1 rings (SSSR count). The summed E-state index contributed by atoms with van der Waals surface area (Å²) in [5, 5.41) is 0. The third kappa shape index (κ3) is 2.48. The summed E-state index contributed by atoms with van der Waals surface area (Å²) in [6, 6.07) is 0. The first-order valence-corrected chi connectivity index (χ1v) is 5.17. The van der Waals surface area contributed by atoms with Crippen LogP contribution in [0.4, 0.5) is 0 Å². The third-order valence-corrected chi connectivity index (χ3v) is 2.83. The van der Waals surface area contributed by atoms with Crippen LogP contribution in [0.25, 0.3) is 0 Å². The summed E-state index contributed by atoms with van der Waals surface area (Å²) in [7, 11) is 0. The summed E-state index contributed by atoms with van der Waals surface area (Å²) < 4.78 is 5.17. The van der Waals surface area contributed by atoms with Gasteiger partial charge in [-0.15, -0.1) is 0 Å². The second kappa shape index (κ2) is 3.20. The molecule has 9 heavy (non-hydrogen) atoms. The molecule has 0 aromatic heterocycles. The first kappa shape index (κ1) is 8.50. The Balaban J connectivity index is 2.42. The summed E-state index contributed by atoms with van der Waals surface area (Å²) in [6.45, 7) is 0.884. The Hall–Kier alpha value is 1.40. The fourth-order valence-electron chi connectivity index (χ4n) is 0.836. The molecule has 1 unspecified atom stereocenters. The van der Waals surface area contributed by atoms with Gasteiger partial charge in [-0.2, -0.15) is 0 Å². The van der Waals surface area contributed by atoms with Crippen LogP contribution in [-0.2, 0) is 4.74 Å². The zero-order chi connectivity index (χ0) is 6.91. The summed E-state index contributed by atoms with van der Waals surface area (Å²) in [4.78, 5) is 0. The van der Waals surface area contributed by atoms with Crippen molar-refractivity contribution in [1.29, 1.82) is 0 Å². The van der Waals surface area contributed by atoms with E-state index in [4.69, 9.17) is 4.74 Å². The lowest BCUT2D eigenvalue weighted by atomic mass is 10.3. The van der Waals surface area contributed by atoms with Gasteiger partial charge in [-0.05, 0) is 12.8 Å². The predicted molar refractivity (Wildman–Crippen MR) is 48.5 cm³/mol. The highest BCUT2D eigenvalue weighted by Crippen LogP contribution is 2.42. The molecular weight excluding hydrogens is 316 g/mol. The maximum absolute atomic E-state index is 5.38. The van der Waals surface area contributed by atoms with E-state index >= 15 is 0 Å². The second-order valence-corrected chi connectivity index (χ2v) is 8.99. The summed E-state index contributed by atoms with van der Waals surface area (Å²) in [5.74, 6) is 0. The molecule has 0 N–H and O–H groups in total. The van der Waals surface area contributed by atoms with Gasteiger partial charge in [0, 0.05) is 6.61 Å². The molecule has 1 nitrogen and oxygen atoms in total. The van der Waals surface area contributed by atoms with E-state index in [1.54, 1.807) is 0 Å². The van der Waals surface area contributed by atoms with Crippen LogP contribution in [0, 0.1) is 0 Å². The molecule has 1 aliphatic heterocycles. The second-order valence-electron chi connectivity index (χ2n) is 2.04. The molecule has 0 aliphatic carbocycles. The van der Waals surface area contributed by atoms with Crippen molar-refractivity contribution in [3.05, 3.63) is 0 Å². The molecule has 1 atom stereocenters.